The van der Waals surface area contributed by atoms with E-state index in [0.717, 1.165) is 41.5 Å². The van der Waals surface area contributed by atoms with Gasteiger partial charge in [-0.05, 0) is 117 Å². The molecule has 0 fully saturated rings. The number of alkyl carbamates (subject to hydrolysis) is 1. The molecule has 0 saturated carbocycles. The van der Waals surface area contributed by atoms with Gasteiger partial charge in [0.15, 0.2) is 0 Å². The van der Waals surface area contributed by atoms with Crippen LogP contribution in [0.5, 0.6) is 11.5 Å². The number of esters is 1. The Kier molecular flexibility index (Phi) is 23.2. The Morgan fingerprint density at radius 3 is 1.75 bits per heavy atom. The molecule has 4 aromatic carbocycles. The molecule has 6 amide bonds. The van der Waals surface area contributed by atoms with Crippen molar-refractivity contribution < 1.29 is 52.5 Å². The van der Waals surface area contributed by atoms with Crippen LogP contribution in [0.25, 0.3) is 11.1 Å². The fourth-order valence-electron chi connectivity index (χ4n) is 7.82. The predicted octanol–water partition coefficient (Wildman–Crippen LogP) is 6.55. The Balaban J connectivity index is 1.45. The van der Waals surface area contributed by atoms with Crippen LogP contribution in [-0.2, 0) is 57.5 Å². The third kappa shape index (κ3) is 19.6. The lowest BCUT2D eigenvalue weighted by molar-refractivity contribution is -0.145. The molecule has 0 unspecified atom stereocenters. The maximum Gasteiger partial charge on any atom is 0.407 e. The molecule has 0 aliphatic heterocycles. The summed E-state index contributed by atoms with van der Waals surface area (Å²) in [6.07, 6.45) is 3.70. The van der Waals surface area contributed by atoms with Crippen LogP contribution in [0.4, 0.5) is 4.79 Å². The highest BCUT2D eigenvalue weighted by molar-refractivity contribution is 5.95. The molecule has 4 rings (SSSR count). The van der Waals surface area contributed by atoms with Crippen LogP contribution in [-0.4, -0.2) is 112 Å². The summed E-state index contributed by atoms with van der Waals surface area (Å²) in [5.74, 6) is -2.42. The second-order valence-electron chi connectivity index (χ2n) is 18.8. The molecule has 73 heavy (non-hydrogen) atoms. The summed E-state index contributed by atoms with van der Waals surface area (Å²) in [4.78, 5) is 95.4. The molecular weight excluding hydrogens is 933 g/mol. The average molecular weight is 1010 g/mol. The van der Waals surface area contributed by atoms with Gasteiger partial charge in [0, 0.05) is 33.0 Å². The van der Waals surface area contributed by atoms with E-state index in [1.807, 2.05) is 24.3 Å². The van der Waals surface area contributed by atoms with E-state index in [1.54, 1.807) is 69.3 Å². The molecular formula is C56H74N6O11. The second kappa shape index (κ2) is 29.2. The van der Waals surface area contributed by atoms with Crippen LogP contribution in [0.2, 0.25) is 0 Å². The Morgan fingerprint density at radius 2 is 1.19 bits per heavy atom. The lowest BCUT2D eigenvalue weighted by Gasteiger charge is -2.32. The van der Waals surface area contributed by atoms with Gasteiger partial charge < -0.3 is 50.4 Å². The third-order valence-electron chi connectivity index (χ3n) is 11.9. The molecule has 4 atom stereocenters. The van der Waals surface area contributed by atoms with Crippen molar-refractivity contribution in [3.63, 3.8) is 0 Å². The number of aryl methyl sites for hydroxylation is 1. The van der Waals surface area contributed by atoms with Crippen LogP contribution in [0.3, 0.4) is 0 Å². The number of carbonyl (C=O) groups is 7. The van der Waals surface area contributed by atoms with Crippen molar-refractivity contribution in [2.75, 3.05) is 41.5 Å². The van der Waals surface area contributed by atoms with Gasteiger partial charge in [-0.25, -0.2) is 9.59 Å². The number of ether oxygens (including phenoxy) is 4. The van der Waals surface area contributed by atoms with Gasteiger partial charge in [0.1, 0.15) is 41.3 Å². The molecule has 0 saturated heterocycles. The molecule has 0 radical (unpaired) electrons. The highest BCUT2D eigenvalue weighted by Gasteiger charge is 2.35. The largest absolute Gasteiger partial charge is 0.497 e. The van der Waals surface area contributed by atoms with Crippen molar-refractivity contribution in [3.05, 3.63) is 119 Å². The van der Waals surface area contributed by atoms with Crippen molar-refractivity contribution in [1.29, 1.82) is 0 Å². The molecule has 5 N–H and O–H groups in total. The number of carbonyl (C=O) groups excluding carboxylic acids is 7. The number of nitrogens with one attached hydrogen (secondary N) is 5. The monoisotopic (exact) mass is 1010 g/mol. The molecule has 394 valence electrons. The average Bonchev–Trinajstić information content (AvgIpc) is 3.37. The number of nitrogens with zero attached hydrogens (tertiary/aromatic N) is 1. The van der Waals surface area contributed by atoms with E-state index in [0.29, 0.717) is 29.9 Å². The Hall–Kier alpha value is -7.43. The molecule has 17 nitrogen and oxygen atoms in total. The summed E-state index contributed by atoms with van der Waals surface area (Å²) in [7, 11) is 5.65. The van der Waals surface area contributed by atoms with Crippen LogP contribution >= 0.6 is 0 Å². The van der Waals surface area contributed by atoms with E-state index < -0.39 is 65.5 Å². The third-order valence-corrected chi connectivity index (χ3v) is 11.9. The van der Waals surface area contributed by atoms with Crippen LogP contribution in [0.1, 0.15) is 101 Å². The van der Waals surface area contributed by atoms with Gasteiger partial charge in [-0.15, -0.1) is 0 Å². The number of methoxy groups -OCH3 is 3. The molecule has 0 bridgehead atoms. The Labute approximate surface area is 429 Å². The molecule has 0 heterocycles. The smallest absolute Gasteiger partial charge is 0.407 e. The van der Waals surface area contributed by atoms with E-state index in [4.69, 9.17) is 18.9 Å². The fraction of sp³-hybridized carbons (Fsp3) is 0.446. The van der Waals surface area contributed by atoms with Crippen molar-refractivity contribution >= 4 is 41.6 Å². The van der Waals surface area contributed by atoms with Crippen LogP contribution in [0.15, 0.2) is 97.1 Å². The van der Waals surface area contributed by atoms with Gasteiger partial charge in [-0.2, -0.15) is 0 Å². The number of amides is 6. The molecule has 0 aliphatic carbocycles. The van der Waals surface area contributed by atoms with Crippen molar-refractivity contribution in [1.82, 2.24) is 31.5 Å². The number of hydrogen-bond donors (Lipinski definition) is 5. The number of rotatable bonds is 27. The number of hydrogen-bond acceptors (Lipinski definition) is 11. The standard InChI is InChI=1S/C56H74N6O11/c1-10-11-14-38-16-22-41(23-17-38)42-24-18-40(19-25-42)36-49(64)57-34-32-48(63)60-46(15-12-13-33-58-55(69)73-56(3,4)5)53(67)62(6)50(43-26-30-45(71-8)31-27-43)52(66)59-37(2)51(65)61-47(54(68)72-9)35-39-20-28-44(70-7)29-21-39/h16-31,37,46-47,50H,10-15,32-36H2,1-9H3,(H,57,64)(H,58,69)(H,59,66)(H,60,63)(H,61,65)/t37-,46-,47-,50-/m0/s1. The summed E-state index contributed by atoms with van der Waals surface area (Å²) in [6, 6.07) is 25.0. The minimum Gasteiger partial charge on any atom is -0.497 e. The van der Waals surface area contributed by atoms with Gasteiger partial charge in [-0.1, -0.05) is 86.1 Å². The number of unbranched alkanes of at least 4 members (excludes halogenated alkanes) is 2. The van der Waals surface area contributed by atoms with Gasteiger partial charge in [0.05, 0.1) is 27.8 Å². The van der Waals surface area contributed by atoms with E-state index in [-0.39, 0.29) is 44.7 Å². The van der Waals surface area contributed by atoms with Crippen molar-refractivity contribution in [2.24, 2.45) is 0 Å². The zero-order chi connectivity index (χ0) is 53.5. The fourth-order valence-corrected chi connectivity index (χ4v) is 7.82. The minimum atomic E-state index is -1.32. The lowest BCUT2D eigenvalue weighted by Crippen LogP contribution is -2.55. The van der Waals surface area contributed by atoms with E-state index >= 15 is 0 Å². The van der Waals surface area contributed by atoms with Gasteiger partial charge in [-0.3, -0.25) is 24.0 Å². The zero-order valence-electron chi connectivity index (χ0n) is 43.8. The normalized spacial score (nSPS) is 12.7. The quantitative estimate of drug-likeness (QED) is 0.0319. The highest BCUT2D eigenvalue weighted by Crippen LogP contribution is 2.25. The molecule has 17 heteroatoms. The van der Waals surface area contributed by atoms with Gasteiger partial charge >= 0.3 is 12.1 Å². The summed E-state index contributed by atoms with van der Waals surface area (Å²) in [6.45, 7) is 9.10. The highest BCUT2D eigenvalue weighted by atomic mass is 16.6. The van der Waals surface area contributed by atoms with Gasteiger partial charge in [0.25, 0.3) is 0 Å². The summed E-state index contributed by atoms with van der Waals surface area (Å²) >= 11 is 0. The van der Waals surface area contributed by atoms with E-state index in [1.165, 1.54) is 45.8 Å². The molecule has 0 aliphatic rings. The zero-order valence-corrected chi connectivity index (χ0v) is 43.8. The van der Waals surface area contributed by atoms with Crippen molar-refractivity contribution in [3.8, 4) is 22.6 Å². The summed E-state index contributed by atoms with van der Waals surface area (Å²) < 4.78 is 20.9. The molecule has 0 spiro atoms. The van der Waals surface area contributed by atoms with Gasteiger partial charge in [0.2, 0.25) is 29.5 Å². The topological polar surface area (TPSA) is 220 Å². The summed E-state index contributed by atoms with van der Waals surface area (Å²) in [5, 5.41) is 13.7. The van der Waals surface area contributed by atoms with Crippen molar-refractivity contribution in [2.45, 2.75) is 122 Å². The first kappa shape index (κ1) is 58.1. The molecule has 0 aromatic heterocycles. The Bertz CT molecular complexity index is 2420. The number of likely N-dealkylation sites (N-methyl/N-ethyl adjacent to an activating group) is 1. The lowest BCUT2D eigenvalue weighted by atomic mass is 10.00. The maximum absolute atomic E-state index is 14.6. The second-order valence-corrected chi connectivity index (χ2v) is 18.8. The van der Waals surface area contributed by atoms with E-state index in [2.05, 4.69) is 57.8 Å². The Morgan fingerprint density at radius 1 is 0.616 bits per heavy atom. The van der Waals surface area contributed by atoms with Crippen LogP contribution < -0.4 is 36.1 Å². The first-order chi connectivity index (χ1) is 34.8. The first-order valence-electron chi connectivity index (χ1n) is 24.8. The maximum atomic E-state index is 14.6. The SMILES string of the molecule is CCCCc1ccc(-c2ccc(CC(=O)NCCC(=O)N[C@@H](CCCCNC(=O)OC(C)(C)C)C(=O)N(C)[C@H](C(=O)N[C@@H](C)C(=O)N[C@@H](Cc3ccc(OC)cc3)C(=O)OC)c3ccc(OC)cc3)cc2)cc1. The first-order valence-corrected chi connectivity index (χ1v) is 24.8. The van der Waals surface area contributed by atoms with E-state index in [9.17, 15) is 33.6 Å². The molecule has 4 aromatic rings. The number of benzene rings is 4. The summed E-state index contributed by atoms with van der Waals surface area (Å²) in [5.41, 5.74) is 4.63. The minimum absolute atomic E-state index is 0.00253. The predicted molar refractivity (Wildman–Crippen MR) is 279 cm³/mol. The van der Waals surface area contributed by atoms with Crippen LogP contribution in [0, 0.1) is 0 Å².